The number of carbonyl (C=O) groups is 1. The maximum atomic E-state index is 11.7. The zero-order valence-electron chi connectivity index (χ0n) is 18.2. The summed E-state index contributed by atoms with van der Waals surface area (Å²) in [6, 6.07) is 11.9. The van der Waals surface area contributed by atoms with Crippen LogP contribution in [0.2, 0.25) is 0 Å². The third kappa shape index (κ3) is 5.61. The SMILES string of the molecule is COC(=O)c1sc(N/N=C\c2ccc(OCc3cc(C)ccc3C)c(OC)c2)nc1C. The molecule has 0 saturated carbocycles. The lowest BCUT2D eigenvalue weighted by Gasteiger charge is -2.13. The number of nitrogens with zero attached hydrogens (tertiary/aromatic N) is 2. The molecule has 0 radical (unpaired) electrons. The summed E-state index contributed by atoms with van der Waals surface area (Å²) >= 11 is 1.19. The molecular weight excluding hydrogens is 414 g/mol. The Labute approximate surface area is 185 Å². The van der Waals surface area contributed by atoms with Crippen molar-refractivity contribution in [3.05, 3.63) is 69.2 Å². The predicted octanol–water partition coefficient (Wildman–Crippen LogP) is 4.89. The zero-order valence-corrected chi connectivity index (χ0v) is 19.0. The number of thiazole rings is 1. The molecule has 3 rings (SSSR count). The van der Waals surface area contributed by atoms with Crippen molar-refractivity contribution < 1.29 is 19.0 Å². The van der Waals surface area contributed by atoms with Gasteiger partial charge < -0.3 is 14.2 Å². The normalized spacial score (nSPS) is 10.9. The van der Waals surface area contributed by atoms with E-state index in [4.69, 9.17) is 14.2 Å². The van der Waals surface area contributed by atoms with Gasteiger partial charge in [-0.15, -0.1) is 0 Å². The number of ether oxygens (including phenoxy) is 3. The maximum Gasteiger partial charge on any atom is 0.350 e. The smallest absolute Gasteiger partial charge is 0.350 e. The second-order valence-corrected chi connectivity index (χ2v) is 7.92. The van der Waals surface area contributed by atoms with Crippen molar-refractivity contribution in [2.75, 3.05) is 19.6 Å². The van der Waals surface area contributed by atoms with Crippen molar-refractivity contribution >= 4 is 28.7 Å². The zero-order chi connectivity index (χ0) is 22.4. The number of hydrogen-bond donors (Lipinski definition) is 1. The topological polar surface area (TPSA) is 82.0 Å². The number of rotatable bonds is 8. The molecule has 8 heteroatoms. The molecule has 0 bridgehead atoms. The van der Waals surface area contributed by atoms with Crippen molar-refractivity contribution in [3.8, 4) is 11.5 Å². The number of aryl methyl sites for hydroxylation is 3. The number of methoxy groups -OCH3 is 2. The number of hydrazone groups is 1. The summed E-state index contributed by atoms with van der Waals surface area (Å²) < 4.78 is 16.2. The average Bonchev–Trinajstić information content (AvgIpc) is 3.14. The Morgan fingerprint density at radius 2 is 1.94 bits per heavy atom. The van der Waals surface area contributed by atoms with Crippen LogP contribution in [-0.2, 0) is 11.3 Å². The molecule has 2 aromatic carbocycles. The van der Waals surface area contributed by atoms with Crippen LogP contribution in [0.15, 0.2) is 41.5 Å². The van der Waals surface area contributed by atoms with Crippen LogP contribution in [0.1, 0.15) is 37.6 Å². The van der Waals surface area contributed by atoms with E-state index in [0.717, 1.165) is 11.1 Å². The predicted molar refractivity (Wildman–Crippen MR) is 123 cm³/mol. The number of hydrogen-bond acceptors (Lipinski definition) is 8. The van der Waals surface area contributed by atoms with Gasteiger partial charge in [0.15, 0.2) is 11.5 Å². The van der Waals surface area contributed by atoms with E-state index in [1.165, 1.54) is 29.6 Å². The van der Waals surface area contributed by atoms with E-state index < -0.39 is 5.97 Å². The van der Waals surface area contributed by atoms with E-state index >= 15 is 0 Å². The van der Waals surface area contributed by atoms with Crippen LogP contribution in [0, 0.1) is 20.8 Å². The second-order valence-electron chi connectivity index (χ2n) is 6.92. The average molecular weight is 440 g/mol. The van der Waals surface area contributed by atoms with Gasteiger partial charge in [0, 0.05) is 0 Å². The molecule has 1 aromatic heterocycles. The Hall–Kier alpha value is -3.39. The number of esters is 1. The summed E-state index contributed by atoms with van der Waals surface area (Å²) in [7, 11) is 2.95. The monoisotopic (exact) mass is 439 g/mol. The summed E-state index contributed by atoms with van der Waals surface area (Å²) in [4.78, 5) is 16.4. The van der Waals surface area contributed by atoms with Crippen molar-refractivity contribution in [1.82, 2.24) is 4.98 Å². The van der Waals surface area contributed by atoms with Crippen LogP contribution < -0.4 is 14.9 Å². The molecule has 0 saturated heterocycles. The first-order valence-corrected chi connectivity index (χ1v) is 10.4. The van der Waals surface area contributed by atoms with Crippen molar-refractivity contribution in [3.63, 3.8) is 0 Å². The minimum absolute atomic E-state index is 0.409. The molecular formula is C23H25N3O4S. The third-order valence-corrected chi connectivity index (χ3v) is 5.66. The van der Waals surface area contributed by atoms with Gasteiger partial charge in [-0.2, -0.15) is 5.10 Å². The van der Waals surface area contributed by atoms with E-state index in [0.29, 0.717) is 33.8 Å². The molecule has 162 valence electrons. The van der Waals surface area contributed by atoms with Crippen LogP contribution in [0.3, 0.4) is 0 Å². The fourth-order valence-corrected chi connectivity index (χ4v) is 3.72. The van der Waals surface area contributed by atoms with E-state index in [2.05, 4.69) is 47.6 Å². The van der Waals surface area contributed by atoms with Crippen LogP contribution in [0.25, 0.3) is 0 Å². The van der Waals surface area contributed by atoms with Crippen LogP contribution in [0.4, 0.5) is 5.13 Å². The van der Waals surface area contributed by atoms with Crippen LogP contribution in [0.5, 0.6) is 11.5 Å². The molecule has 1 heterocycles. The largest absolute Gasteiger partial charge is 0.493 e. The first kappa shape index (κ1) is 22.3. The summed E-state index contributed by atoms with van der Waals surface area (Å²) in [6.45, 7) is 6.35. The van der Waals surface area contributed by atoms with Crippen molar-refractivity contribution in [1.29, 1.82) is 0 Å². The number of aromatic nitrogens is 1. The third-order valence-electron chi connectivity index (χ3n) is 4.62. The van der Waals surface area contributed by atoms with Crippen molar-refractivity contribution in [2.24, 2.45) is 5.10 Å². The lowest BCUT2D eigenvalue weighted by Crippen LogP contribution is -2.00. The van der Waals surface area contributed by atoms with Gasteiger partial charge in [-0.1, -0.05) is 35.1 Å². The summed E-state index contributed by atoms with van der Waals surface area (Å²) in [5, 5.41) is 4.70. The second kappa shape index (κ2) is 10.1. The number of carbonyl (C=O) groups excluding carboxylic acids is 1. The van der Waals surface area contributed by atoms with E-state index in [1.54, 1.807) is 20.2 Å². The molecule has 0 aliphatic rings. The Kier molecular flexibility index (Phi) is 7.25. The summed E-state index contributed by atoms with van der Waals surface area (Å²) in [6.07, 6.45) is 1.64. The quantitative estimate of drug-likeness (QED) is 0.306. The molecule has 0 aliphatic heterocycles. The molecule has 0 atom stereocenters. The van der Waals surface area contributed by atoms with Crippen LogP contribution >= 0.6 is 11.3 Å². The molecule has 0 fully saturated rings. The standard InChI is InChI=1S/C23H25N3O4S/c1-14-6-7-15(2)18(10-14)13-30-19-9-8-17(11-20(19)28-4)12-24-26-23-25-16(3)21(31-23)22(27)29-5/h6-12H,13H2,1-5H3,(H,25,26)/b24-12-. The van der Waals surface area contributed by atoms with Gasteiger partial charge in [0.05, 0.1) is 26.1 Å². The molecule has 0 amide bonds. The van der Waals surface area contributed by atoms with Crippen LogP contribution in [-0.4, -0.2) is 31.4 Å². The highest BCUT2D eigenvalue weighted by Crippen LogP contribution is 2.29. The fraction of sp³-hybridized carbons (Fsp3) is 0.261. The molecule has 0 unspecified atom stereocenters. The molecule has 0 aliphatic carbocycles. The number of anilines is 1. The first-order chi connectivity index (χ1) is 14.9. The Balaban J connectivity index is 1.67. The molecule has 7 nitrogen and oxygen atoms in total. The number of benzene rings is 2. The molecule has 0 spiro atoms. The van der Waals surface area contributed by atoms with Gasteiger partial charge >= 0.3 is 5.97 Å². The van der Waals surface area contributed by atoms with Gasteiger partial charge in [0.2, 0.25) is 5.13 Å². The Morgan fingerprint density at radius 3 is 2.68 bits per heavy atom. The van der Waals surface area contributed by atoms with Gasteiger partial charge in [-0.05, 0) is 55.7 Å². The van der Waals surface area contributed by atoms with E-state index in [1.807, 2.05) is 18.2 Å². The number of nitrogens with one attached hydrogen (secondary N) is 1. The lowest BCUT2D eigenvalue weighted by molar-refractivity contribution is 0.0605. The summed E-state index contributed by atoms with van der Waals surface area (Å²) in [5.74, 6) is 0.868. The lowest BCUT2D eigenvalue weighted by atomic mass is 10.1. The minimum Gasteiger partial charge on any atom is -0.493 e. The van der Waals surface area contributed by atoms with Gasteiger partial charge in [-0.3, -0.25) is 5.43 Å². The highest BCUT2D eigenvalue weighted by atomic mass is 32.1. The highest BCUT2D eigenvalue weighted by molar-refractivity contribution is 7.17. The molecule has 31 heavy (non-hydrogen) atoms. The Bertz CT molecular complexity index is 1110. The Morgan fingerprint density at radius 1 is 1.13 bits per heavy atom. The molecule has 1 N–H and O–H groups in total. The molecule has 3 aromatic rings. The van der Waals surface area contributed by atoms with Gasteiger partial charge in [0.1, 0.15) is 11.5 Å². The first-order valence-electron chi connectivity index (χ1n) is 9.63. The van der Waals surface area contributed by atoms with Gasteiger partial charge in [0.25, 0.3) is 0 Å². The van der Waals surface area contributed by atoms with E-state index in [-0.39, 0.29) is 0 Å². The van der Waals surface area contributed by atoms with Crippen molar-refractivity contribution in [2.45, 2.75) is 27.4 Å². The highest BCUT2D eigenvalue weighted by Gasteiger charge is 2.15. The van der Waals surface area contributed by atoms with Gasteiger partial charge in [-0.25, -0.2) is 9.78 Å². The fourth-order valence-electron chi connectivity index (χ4n) is 2.88. The maximum absolute atomic E-state index is 11.7. The van der Waals surface area contributed by atoms with E-state index in [9.17, 15) is 4.79 Å². The minimum atomic E-state index is -0.409. The summed E-state index contributed by atoms with van der Waals surface area (Å²) in [5.41, 5.74) is 7.79.